The van der Waals surface area contributed by atoms with Crippen LogP contribution in [0, 0.1) is 0 Å². The van der Waals surface area contributed by atoms with Crippen molar-refractivity contribution in [1.82, 2.24) is 29.4 Å². The van der Waals surface area contributed by atoms with Crippen molar-refractivity contribution in [3.8, 4) is 0 Å². The Morgan fingerprint density at radius 1 is 1.24 bits per heavy atom. The Bertz CT molecular complexity index is 714. The van der Waals surface area contributed by atoms with Crippen molar-refractivity contribution < 1.29 is 9.53 Å². The van der Waals surface area contributed by atoms with Crippen molar-refractivity contribution in [2.75, 3.05) is 26.8 Å². The van der Waals surface area contributed by atoms with Crippen molar-refractivity contribution in [2.45, 2.75) is 44.2 Å². The minimum Gasteiger partial charge on any atom is -0.375 e. The number of nitrogens with zero attached hydrogens (tertiary/aromatic N) is 6. The van der Waals surface area contributed by atoms with Crippen LogP contribution in [0.2, 0.25) is 0 Å². The predicted molar refractivity (Wildman–Crippen MR) is 90.1 cm³/mol. The molecule has 1 aliphatic carbocycles. The maximum absolute atomic E-state index is 12.0. The number of amides is 1. The van der Waals surface area contributed by atoms with Gasteiger partial charge in [0.1, 0.15) is 19.0 Å². The summed E-state index contributed by atoms with van der Waals surface area (Å²) >= 11 is 0. The van der Waals surface area contributed by atoms with Gasteiger partial charge < -0.3 is 14.2 Å². The number of aromatic nitrogens is 5. The van der Waals surface area contributed by atoms with Crippen molar-refractivity contribution in [2.24, 2.45) is 0 Å². The molecule has 1 saturated carbocycles. The number of hydrogen-bond donors (Lipinski definition) is 0. The first-order valence-electron chi connectivity index (χ1n) is 8.94. The number of methoxy groups -OCH3 is 1. The standard InChI is InChI=1S/C17H24N6O2/c1-25-12-16(24)21-9-5-13(6-10-21)17-20-19-15(23(17)14-3-4-14)11-22-8-2-7-18-22/h2,7-8,13-14H,3-6,9-12H2,1H3. The Morgan fingerprint density at radius 3 is 2.68 bits per heavy atom. The van der Waals surface area contributed by atoms with E-state index in [1.807, 2.05) is 21.8 Å². The highest BCUT2D eigenvalue weighted by molar-refractivity contribution is 5.77. The molecule has 0 unspecified atom stereocenters. The third-order valence-electron chi connectivity index (χ3n) is 5.05. The zero-order valence-electron chi connectivity index (χ0n) is 14.5. The van der Waals surface area contributed by atoms with E-state index in [1.54, 1.807) is 13.3 Å². The molecule has 1 amide bonds. The van der Waals surface area contributed by atoms with Crippen LogP contribution in [-0.4, -0.2) is 62.2 Å². The summed E-state index contributed by atoms with van der Waals surface area (Å²) in [5.41, 5.74) is 0. The summed E-state index contributed by atoms with van der Waals surface area (Å²) in [6.07, 6.45) is 7.99. The second-order valence-electron chi connectivity index (χ2n) is 6.87. The van der Waals surface area contributed by atoms with E-state index in [1.165, 1.54) is 12.8 Å². The molecule has 25 heavy (non-hydrogen) atoms. The molecule has 0 atom stereocenters. The van der Waals surface area contributed by atoms with Gasteiger partial charge in [0.25, 0.3) is 0 Å². The lowest BCUT2D eigenvalue weighted by molar-refractivity contribution is -0.136. The summed E-state index contributed by atoms with van der Waals surface area (Å²) in [6, 6.07) is 2.45. The second-order valence-corrected chi connectivity index (χ2v) is 6.87. The van der Waals surface area contributed by atoms with E-state index in [4.69, 9.17) is 4.74 Å². The first kappa shape index (κ1) is 16.3. The van der Waals surface area contributed by atoms with Gasteiger partial charge in [0.05, 0.1) is 0 Å². The highest BCUT2D eigenvalue weighted by Gasteiger charge is 2.34. The molecular formula is C17H24N6O2. The largest absolute Gasteiger partial charge is 0.375 e. The van der Waals surface area contributed by atoms with E-state index in [0.29, 0.717) is 18.5 Å². The van der Waals surface area contributed by atoms with Gasteiger partial charge in [0, 0.05) is 44.6 Å². The fraction of sp³-hybridized carbons (Fsp3) is 0.647. The molecule has 2 aromatic rings. The van der Waals surface area contributed by atoms with Crippen LogP contribution in [0.4, 0.5) is 0 Å². The lowest BCUT2D eigenvalue weighted by atomic mass is 9.95. The molecule has 8 heteroatoms. The summed E-state index contributed by atoms with van der Waals surface area (Å²) in [5.74, 6) is 2.51. The number of hydrogen-bond acceptors (Lipinski definition) is 5. The topological polar surface area (TPSA) is 78.1 Å². The van der Waals surface area contributed by atoms with E-state index in [9.17, 15) is 4.79 Å². The Morgan fingerprint density at radius 2 is 2.04 bits per heavy atom. The number of piperidine rings is 1. The van der Waals surface area contributed by atoms with Crippen LogP contribution in [0.5, 0.6) is 0 Å². The monoisotopic (exact) mass is 344 g/mol. The van der Waals surface area contributed by atoms with E-state index in [2.05, 4.69) is 19.9 Å². The van der Waals surface area contributed by atoms with Crippen molar-refractivity contribution >= 4 is 5.91 Å². The number of carbonyl (C=O) groups excluding carboxylic acids is 1. The molecule has 0 radical (unpaired) electrons. The van der Waals surface area contributed by atoms with Crippen LogP contribution in [0.25, 0.3) is 0 Å². The molecule has 0 aromatic carbocycles. The Kier molecular flexibility index (Phi) is 4.52. The fourth-order valence-electron chi connectivity index (χ4n) is 3.59. The molecule has 134 valence electrons. The molecule has 2 aliphatic rings. The Labute approximate surface area is 146 Å². The SMILES string of the molecule is COCC(=O)N1CCC(c2nnc(Cn3cccn3)n2C2CC2)CC1. The zero-order chi connectivity index (χ0) is 17.2. The van der Waals surface area contributed by atoms with Crippen LogP contribution in [0.3, 0.4) is 0 Å². The van der Waals surface area contributed by atoms with Crippen LogP contribution < -0.4 is 0 Å². The van der Waals surface area contributed by atoms with Gasteiger partial charge in [-0.05, 0) is 31.7 Å². The molecule has 1 saturated heterocycles. The summed E-state index contributed by atoms with van der Waals surface area (Å²) in [5, 5.41) is 13.3. The van der Waals surface area contributed by atoms with Gasteiger partial charge in [-0.25, -0.2) is 0 Å². The van der Waals surface area contributed by atoms with Gasteiger partial charge in [0.15, 0.2) is 5.82 Å². The lowest BCUT2D eigenvalue weighted by Gasteiger charge is -2.31. The van der Waals surface area contributed by atoms with E-state index >= 15 is 0 Å². The van der Waals surface area contributed by atoms with Crippen LogP contribution >= 0.6 is 0 Å². The second kappa shape index (κ2) is 6.95. The fourth-order valence-corrected chi connectivity index (χ4v) is 3.59. The van der Waals surface area contributed by atoms with Crippen LogP contribution in [-0.2, 0) is 16.1 Å². The predicted octanol–water partition coefficient (Wildman–Crippen LogP) is 1.21. The average Bonchev–Trinajstić information content (AvgIpc) is 3.17. The van der Waals surface area contributed by atoms with Gasteiger partial charge in [-0.3, -0.25) is 9.48 Å². The van der Waals surface area contributed by atoms with E-state index in [0.717, 1.165) is 37.6 Å². The molecular weight excluding hydrogens is 320 g/mol. The molecule has 2 aromatic heterocycles. The molecule has 1 aliphatic heterocycles. The third kappa shape index (κ3) is 3.44. The summed E-state index contributed by atoms with van der Waals surface area (Å²) in [4.78, 5) is 13.9. The molecule has 3 heterocycles. The molecule has 0 spiro atoms. The summed E-state index contributed by atoms with van der Waals surface area (Å²) in [6.45, 7) is 2.34. The maximum atomic E-state index is 12.0. The smallest absolute Gasteiger partial charge is 0.248 e. The van der Waals surface area contributed by atoms with Gasteiger partial charge in [-0.1, -0.05) is 0 Å². The molecule has 2 fully saturated rings. The summed E-state index contributed by atoms with van der Waals surface area (Å²) in [7, 11) is 1.56. The number of ether oxygens (including phenoxy) is 1. The quantitative estimate of drug-likeness (QED) is 0.787. The summed E-state index contributed by atoms with van der Waals surface area (Å²) < 4.78 is 9.17. The zero-order valence-corrected chi connectivity index (χ0v) is 14.5. The van der Waals surface area contributed by atoms with Gasteiger partial charge >= 0.3 is 0 Å². The van der Waals surface area contributed by atoms with Crippen molar-refractivity contribution in [1.29, 1.82) is 0 Å². The van der Waals surface area contributed by atoms with Crippen LogP contribution in [0.15, 0.2) is 18.5 Å². The van der Waals surface area contributed by atoms with E-state index < -0.39 is 0 Å². The van der Waals surface area contributed by atoms with Crippen molar-refractivity contribution in [3.63, 3.8) is 0 Å². The highest BCUT2D eigenvalue weighted by atomic mass is 16.5. The average molecular weight is 344 g/mol. The lowest BCUT2D eigenvalue weighted by Crippen LogP contribution is -2.40. The number of likely N-dealkylation sites (tertiary alicyclic amines) is 1. The Hall–Kier alpha value is -2.22. The molecule has 0 bridgehead atoms. The molecule has 0 N–H and O–H groups in total. The normalized spacial score (nSPS) is 18.7. The number of carbonyl (C=O) groups is 1. The first-order chi connectivity index (χ1) is 12.3. The van der Waals surface area contributed by atoms with Gasteiger partial charge in [-0.15, -0.1) is 10.2 Å². The first-order valence-corrected chi connectivity index (χ1v) is 8.94. The minimum atomic E-state index is 0.0731. The molecule has 4 rings (SSSR count). The maximum Gasteiger partial charge on any atom is 0.248 e. The minimum absolute atomic E-state index is 0.0731. The molecule has 8 nitrogen and oxygen atoms in total. The van der Waals surface area contributed by atoms with Gasteiger partial charge in [0.2, 0.25) is 5.91 Å². The third-order valence-corrected chi connectivity index (χ3v) is 5.05. The van der Waals surface area contributed by atoms with E-state index in [-0.39, 0.29) is 12.5 Å². The van der Waals surface area contributed by atoms with Crippen molar-refractivity contribution in [3.05, 3.63) is 30.1 Å². The Balaban J connectivity index is 1.48. The van der Waals surface area contributed by atoms with Gasteiger partial charge in [-0.2, -0.15) is 5.10 Å². The number of rotatable bonds is 6. The van der Waals surface area contributed by atoms with Crippen LogP contribution in [0.1, 0.15) is 49.3 Å². The highest BCUT2D eigenvalue weighted by Crippen LogP contribution is 2.39.